The maximum absolute atomic E-state index is 2.46. The van der Waals surface area contributed by atoms with Crippen LogP contribution in [0.4, 0.5) is 0 Å². The van der Waals surface area contributed by atoms with Crippen LogP contribution in [0.2, 0.25) is 0 Å². The quantitative estimate of drug-likeness (QED) is 0.489. The zero-order chi connectivity index (χ0) is 16.1. The van der Waals surface area contributed by atoms with Gasteiger partial charge in [0.15, 0.2) is 0 Å². The zero-order valence-corrected chi connectivity index (χ0v) is 16.1. The highest BCUT2D eigenvalue weighted by Crippen LogP contribution is 2.42. The van der Waals surface area contributed by atoms with Crippen LogP contribution in [0.25, 0.3) is 0 Å². The van der Waals surface area contributed by atoms with Gasteiger partial charge in [-0.2, -0.15) is 0 Å². The van der Waals surface area contributed by atoms with Gasteiger partial charge in [-0.25, -0.2) is 0 Å². The predicted octanol–water partition coefficient (Wildman–Crippen LogP) is 7.62. The first kappa shape index (κ1) is 17.8. The molecule has 0 aromatic heterocycles. The number of hydrogen-bond acceptors (Lipinski definition) is 0. The fraction of sp³-hybridized carbons (Fsp3) is 1.00. The van der Waals surface area contributed by atoms with E-state index in [9.17, 15) is 0 Å². The molecule has 3 fully saturated rings. The van der Waals surface area contributed by atoms with Crippen LogP contribution in [0.15, 0.2) is 0 Å². The van der Waals surface area contributed by atoms with Gasteiger partial charge in [0.2, 0.25) is 0 Å². The van der Waals surface area contributed by atoms with Crippen LogP contribution in [-0.2, 0) is 0 Å². The first-order valence-electron chi connectivity index (χ1n) is 11.2. The summed E-state index contributed by atoms with van der Waals surface area (Å²) in [4.78, 5) is 0. The van der Waals surface area contributed by atoms with Crippen molar-refractivity contribution < 1.29 is 0 Å². The van der Waals surface area contributed by atoms with E-state index in [0.717, 1.165) is 35.5 Å². The van der Waals surface area contributed by atoms with Gasteiger partial charge in [-0.1, -0.05) is 84.5 Å². The molecule has 0 radical (unpaired) electrons. The highest BCUT2D eigenvalue weighted by molar-refractivity contribution is 4.81. The van der Waals surface area contributed by atoms with Gasteiger partial charge in [0.1, 0.15) is 0 Å². The van der Waals surface area contributed by atoms with Gasteiger partial charge < -0.3 is 0 Å². The molecular weight excluding hydrogens is 276 g/mol. The van der Waals surface area contributed by atoms with Crippen molar-refractivity contribution in [1.82, 2.24) is 0 Å². The van der Waals surface area contributed by atoms with Gasteiger partial charge in [0.05, 0.1) is 0 Å². The Morgan fingerprint density at radius 3 is 1.30 bits per heavy atom. The first-order chi connectivity index (χ1) is 11.2. The molecule has 23 heavy (non-hydrogen) atoms. The van der Waals surface area contributed by atoms with E-state index in [2.05, 4.69) is 13.8 Å². The highest BCUT2D eigenvalue weighted by atomic mass is 14.4. The van der Waals surface area contributed by atoms with Gasteiger partial charge in [-0.05, 0) is 61.2 Å². The summed E-state index contributed by atoms with van der Waals surface area (Å²) in [5.41, 5.74) is 0. The van der Waals surface area contributed by atoms with Crippen molar-refractivity contribution in [2.75, 3.05) is 0 Å². The molecule has 0 aliphatic heterocycles. The molecule has 0 unspecified atom stereocenters. The third-order valence-electron chi connectivity index (χ3n) is 7.98. The van der Waals surface area contributed by atoms with E-state index < -0.39 is 0 Å². The van der Waals surface area contributed by atoms with E-state index >= 15 is 0 Å². The van der Waals surface area contributed by atoms with Crippen LogP contribution >= 0.6 is 0 Å². The Labute approximate surface area is 146 Å². The summed E-state index contributed by atoms with van der Waals surface area (Å²) in [5, 5.41) is 0. The number of rotatable bonds is 5. The predicted molar refractivity (Wildman–Crippen MR) is 102 cm³/mol. The monoisotopic (exact) mass is 318 g/mol. The van der Waals surface area contributed by atoms with Crippen molar-refractivity contribution in [2.45, 2.75) is 110 Å². The SMILES string of the molecule is CC1CCC(CCCC2CCC(C3CCC(C)CC3)CC2)CC1. The molecule has 3 rings (SSSR count). The Bertz CT molecular complexity index is 306. The zero-order valence-electron chi connectivity index (χ0n) is 16.1. The minimum atomic E-state index is 1.02. The van der Waals surface area contributed by atoms with E-state index in [0.29, 0.717) is 0 Å². The lowest BCUT2D eigenvalue weighted by atomic mass is 9.69. The molecule has 0 bridgehead atoms. The summed E-state index contributed by atoms with van der Waals surface area (Å²) < 4.78 is 0. The Morgan fingerprint density at radius 2 is 0.826 bits per heavy atom. The molecular formula is C23H42. The van der Waals surface area contributed by atoms with Crippen LogP contribution in [-0.4, -0.2) is 0 Å². The van der Waals surface area contributed by atoms with E-state index in [1.807, 2.05) is 0 Å². The molecule has 3 aliphatic rings. The van der Waals surface area contributed by atoms with Gasteiger partial charge >= 0.3 is 0 Å². The minimum Gasteiger partial charge on any atom is -0.0625 e. The Kier molecular flexibility index (Phi) is 6.90. The Hall–Kier alpha value is 0. The molecule has 134 valence electrons. The molecule has 0 amide bonds. The molecule has 0 nitrogen and oxygen atoms in total. The summed E-state index contributed by atoms with van der Waals surface area (Å²) in [6.45, 7) is 4.90. The molecule has 0 spiro atoms. The summed E-state index contributed by atoms with van der Waals surface area (Å²) in [6, 6.07) is 0. The fourth-order valence-electron chi connectivity index (χ4n) is 6.02. The molecule has 0 heteroatoms. The largest absolute Gasteiger partial charge is 0.0625 e. The van der Waals surface area contributed by atoms with Gasteiger partial charge in [0.25, 0.3) is 0 Å². The standard InChI is InChI=1S/C23H42/c1-18-6-10-20(11-7-18)4-3-5-21-12-16-23(17-13-21)22-14-8-19(2)9-15-22/h18-23H,3-17H2,1-2H3. The molecule has 0 heterocycles. The molecule has 0 aromatic rings. The van der Waals surface area contributed by atoms with Crippen molar-refractivity contribution in [2.24, 2.45) is 35.5 Å². The molecule has 0 N–H and O–H groups in total. The molecule has 0 atom stereocenters. The van der Waals surface area contributed by atoms with Crippen molar-refractivity contribution in [1.29, 1.82) is 0 Å². The molecule has 0 aromatic carbocycles. The molecule has 3 saturated carbocycles. The second-order valence-corrected chi connectivity index (χ2v) is 9.86. The molecule has 0 saturated heterocycles. The second kappa shape index (κ2) is 8.91. The van der Waals surface area contributed by atoms with Crippen LogP contribution in [0.5, 0.6) is 0 Å². The molecule has 3 aliphatic carbocycles. The van der Waals surface area contributed by atoms with E-state index in [1.54, 1.807) is 51.4 Å². The number of hydrogen-bond donors (Lipinski definition) is 0. The minimum absolute atomic E-state index is 1.02. The summed E-state index contributed by atoms with van der Waals surface area (Å²) in [7, 11) is 0. The third kappa shape index (κ3) is 5.50. The topological polar surface area (TPSA) is 0 Å². The average molecular weight is 319 g/mol. The summed E-state index contributed by atoms with van der Waals surface area (Å²) in [6.07, 6.45) is 23.2. The van der Waals surface area contributed by atoms with E-state index in [-0.39, 0.29) is 0 Å². The van der Waals surface area contributed by atoms with E-state index in [4.69, 9.17) is 0 Å². The summed E-state index contributed by atoms with van der Waals surface area (Å²) in [5.74, 6) is 6.44. The highest BCUT2D eigenvalue weighted by Gasteiger charge is 2.29. The smallest absolute Gasteiger partial charge is 0.0386 e. The lowest BCUT2D eigenvalue weighted by Gasteiger charge is -2.37. The summed E-state index contributed by atoms with van der Waals surface area (Å²) >= 11 is 0. The van der Waals surface area contributed by atoms with Gasteiger partial charge in [-0.15, -0.1) is 0 Å². The maximum Gasteiger partial charge on any atom is -0.0386 e. The van der Waals surface area contributed by atoms with Crippen LogP contribution in [0.3, 0.4) is 0 Å². The van der Waals surface area contributed by atoms with Crippen molar-refractivity contribution >= 4 is 0 Å². The Morgan fingerprint density at radius 1 is 0.478 bits per heavy atom. The van der Waals surface area contributed by atoms with Crippen molar-refractivity contribution in [3.05, 3.63) is 0 Å². The van der Waals surface area contributed by atoms with Gasteiger partial charge in [0, 0.05) is 0 Å². The lowest BCUT2D eigenvalue weighted by Crippen LogP contribution is -2.25. The lowest BCUT2D eigenvalue weighted by molar-refractivity contribution is 0.145. The normalized spacial score (nSPS) is 42.5. The van der Waals surface area contributed by atoms with Crippen molar-refractivity contribution in [3.8, 4) is 0 Å². The second-order valence-electron chi connectivity index (χ2n) is 9.86. The van der Waals surface area contributed by atoms with Crippen LogP contribution < -0.4 is 0 Å². The fourth-order valence-corrected chi connectivity index (χ4v) is 6.02. The maximum atomic E-state index is 2.46. The van der Waals surface area contributed by atoms with Crippen molar-refractivity contribution in [3.63, 3.8) is 0 Å². The Balaban J connectivity index is 1.27. The van der Waals surface area contributed by atoms with Crippen LogP contribution in [0, 0.1) is 35.5 Å². The van der Waals surface area contributed by atoms with Crippen LogP contribution in [0.1, 0.15) is 110 Å². The first-order valence-corrected chi connectivity index (χ1v) is 11.2. The van der Waals surface area contributed by atoms with E-state index in [1.165, 1.54) is 44.9 Å². The van der Waals surface area contributed by atoms with Gasteiger partial charge in [-0.3, -0.25) is 0 Å². The average Bonchev–Trinajstić information content (AvgIpc) is 2.58. The third-order valence-corrected chi connectivity index (χ3v) is 7.98.